The zero-order valence-corrected chi connectivity index (χ0v) is 13.3. The first-order valence-corrected chi connectivity index (χ1v) is 7.48. The average Bonchev–Trinajstić information content (AvgIpc) is 2.85. The van der Waals surface area contributed by atoms with Crippen LogP contribution in [0.25, 0.3) is 0 Å². The van der Waals surface area contributed by atoms with Crippen LogP contribution in [0.5, 0.6) is 0 Å². The molecule has 2 N–H and O–H groups in total. The number of anilines is 1. The summed E-state index contributed by atoms with van der Waals surface area (Å²) in [7, 11) is 0. The van der Waals surface area contributed by atoms with E-state index in [4.69, 9.17) is 16.3 Å². The maximum Gasteiger partial charge on any atom is 0.329 e. The zero-order chi connectivity index (χ0) is 16.3. The van der Waals surface area contributed by atoms with Crippen LogP contribution in [0.3, 0.4) is 0 Å². The predicted molar refractivity (Wildman–Crippen MR) is 83.0 cm³/mol. The van der Waals surface area contributed by atoms with Gasteiger partial charge in [-0.3, -0.25) is 0 Å². The fraction of sp³-hybridized carbons (Fsp3) is 0.467. The van der Waals surface area contributed by atoms with Gasteiger partial charge in [0.15, 0.2) is 0 Å². The summed E-state index contributed by atoms with van der Waals surface area (Å²) in [6, 6.07) is 3.93. The molecule has 0 spiro atoms. The first-order chi connectivity index (χ1) is 10.4. The van der Waals surface area contributed by atoms with E-state index in [0.29, 0.717) is 10.7 Å². The molecular formula is C15H19ClN2O4. The van der Waals surface area contributed by atoms with Crippen LogP contribution >= 0.6 is 11.6 Å². The second kappa shape index (κ2) is 6.98. The molecule has 120 valence electrons. The summed E-state index contributed by atoms with van der Waals surface area (Å²) in [4.78, 5) is 25.5. The average molecular weight is 327 g/mol. The standard InChI is InChI=1S/C15H19ClN2O4/c1-3-22-14(20)13-7-11(19)8-18(13)15(21)17-10-5-4-9(2)12(16)6-10/h4-6,11,13,19H,3,7-8H2,1-2H3,(H,17,21)/t11-,13+/m1/s1. The number of aliphatic hydroxyl groups is 1. The highest BCUT2D eigenvalue weighted by molar-refractivity contribution is 6.31. The molecule has 1 aromatic rings. The van der Waals surface area contributed by atoms with Gasteiger partial charge in [-0.2, -0.15) is 0 Å². The molecule has 0 aromatic heterocycles. The van der Waals surface area contributed by atoms with Gasteiger partial charge in [-0.25, -0.2) is 9.59 Å². The number of nitrogens with one attached hydrogen (secondary N) is 1. The quantitative estimate of drug-likeness (QED) is 0.834. The Morgan fingerprint density at radius 3 is 2.86 bits per heavy atom. The highest BCUT2D eigenvalue weighted by Crippen LogP contribution is 2.23. The zero-order valence-electron chi connectivity index (χ0n) is 12.5. The maximum atomic E-state index is 12.3. The first kappa shape index (κ1) is 16.6. The number of urea groups is 1. The van der Waals surface area contributed by atoms with Gasteiger partial charge in [0.05, 0.1) is 12.7 Å². The molecule has 1 aromatic carbocycles. The molecule has 1 aliphatic heterocycles. The van der Waals surface area contributed by atoms with Gasteiger partial charge in [0.25, 0.3) is 0 Å². The number of aryl methyl sites for hydroxylation is 1. The lowest BCUT2D eigenvalue weighted by Gasteiger charge is -2.23. The minimum absolute atomic E-state index is 0.0922. The molecule has 1 saturated heterocycles. The van der Waals surface area contributed by atoms with Crippen LogP contribution in [0.1, 0.15) is 18.9 Å². The van der Waals surface area contributed by atoms with Crippen molar-refractivity contribution >= 4 is 29.3 Å². The molecule has 2 rings (SSSR count). The summed E-state index contributed by atoms with van der Waals surface area (Å²) in [5, 5.41) is 13.0. The van der Waals surface area contributed by atoms with Gasteiger partial charge in [-0.1, -0.05) is 17.7 Å². The second-order valence-corrected chi connectivity index (χ2v) is 5.61. The van der Waals surface area contributed by atoms with Crippen molar-refractivity contribution in [3.63, 3.8) is 0 Å². The lowest BCUT2D eigenvalue weighted by molar-refractivity contribution is -0.147. The number of benzene rings is 1. The molecule has 1 fully saturated rings. The SMILES string of the molecule is CCOC(=O)[C@@H]1C[C@@H](O)CN1C(=O)Nc1ccc(C)c(Cl)c1. The maximum absolute atomic E-state index is 12.3. The van der Waals surface area contributed by atoms with E-state index < -0.39 is 24.1 Å². The number of esters is 1. The van der Waals surface area contributed by atoms with Crippen LogP contribution < -0.4 is 5.32 Å². The van der Waals surface area contributed by atoms with E-state index in [2.05, 4.69) is 5.32 Å². The molecule has 22 heavy (non-hydrogen) atoms. The number of β-amino-alcohol motifs (C(OH)–C–C–N with tert-alkyl or cyclic N) is 1. The number of halogens is 1. The van der Waals surface area contributed by atoms with Gasteiger partial charge >= 0.3 is 12.0 Å². The molecule has 0 unspecified atom stereocenters. The number of amides is 2. The Kier molecular flexibility index (Phi) is 5.26. The lowest BCUT2D eigenvalue weighted by atomic mass is 10.2. The fourth-order valence-corrected chi connectivity index (χ4v) is 2.55. The number of hydrogen-bond acceptors (Lipinski definition) is 4. The molecule has 1 heterocycles. The Bertz CT molecular complexity index is 579. The Hall–Kier alpha value is -1.79. The molecule has 2 amide bonds. The van der Waals surface area contributed by atoms with Crippen molar-refractivity contribution in [2.24, 2.45) is 0 Å². The summed E-state index contributed by atoms with van der Waals surface area (Å²) in [5.41, 5.74) is 1.44. The van der Waals surface area contributed by atoms with Crippen molar-refractivity contribution in [2.45, 2.75) is 32.4 Å². The summed E-state index contributed by atoms with van der Waals surface area (Å²) >= 11 is 6.02. The van der Waals surface area contributed by atoms with Crippen molar-refractivity contribution in [3.8, 4) is 0 Å². The van der Waals surface area contributed by atoms with E-state index in [1.54, 1.807) is 25.1 Å². The highest BCUT2D eigenvalue weighted by Gasteiger charge is 2.39. The first-order valence-electron chi connectivity index (χ1n) is 7.10. The predicted octanol–water partition coefficient (Wildman–Crippen LogP) is 2.18. The number of likely N-dealkylation sites (tertiary alicyclic amines) is 1. The van der Waals surface area contributed by atoms with Gasteiger partial charge in [-0.05, 0) is 31.5 Å². The van der Waals surface area contributed by atoms with Gasteiger partial charge in [0, 0.05) is 23.7 Å². The van der Waals surface area contributed by atoms with Crippen LogP contribution in [0, 0.1) is 6.92 Å². The number of hydrogen-bond donors (Lipinski definition) is 2. The monoisotopic (exact) mass is 326 g/mol. The summed E-state index contributed by atoms with van der Waals surface area (Å²) in [6.45, 7) is 3.88. The number of nitrogens with zero attached hydrogens (tertiary/aromatic N) is 1. The Balaban J connectivity index is 2.09. The minimum Gasteiger partial charge on any atom is -0.464 e. The number of aliphatic hydroxyl groups excluding tert-OH is 1. The van der Waals surface area contributed by atoms with Crippen LogP contribution in [-0.2, 0) is 9.53 Å². The van der Waals surface area contributed by atoms with E-state index in [9.17, 15) is 14.7 Å². The van der Waals surface area contributed by atoms with Crippen LogP contribution in [-0.4, -0.2) is 47.3 Å². The smallest absolute Gasteiger partial charge is 0.329 e. The number of carbonyl (C=O) groups is 2. The molecular weight excluding hydrogens is 308 g/mol. The van der Waals surface area contributed by atoms with Crippen molar-refractivity contribution in [1.82, 2.24) is 4.90 Å². The molecule has 0 radical (unpaired) electrons. The molecule has 0 saturated carbocycles. The van der Waals surface area contributed by atoms with Crippen LogP contribution in [0.4, 0.5) is 10.5 Å². The minimum atomic E-state index is -0.768. The van der Waals surface area contributed by atoms with Crippen LogP contribution in [0.2, 0.25) is 5.02 Å². The lowest BCUT2D eigenvalue weighted by Crippen LogP contribution is -2.43. The Labute approximate surface area is 134 Å². The Morgan fingerprint density at radius 1 is 1.50 bits per heavy atom. The van der Waals surface area contributed by atoms with E-state index in [-0.39, 0.29) is 19.6 Å². The fourth-order valence-electron chi connectivity index (χ4n) is 2.37. The van der Waals surface area contributed by atoms with Crippen molar-refractivity contribution in [1.29, 1.82) is 0 Å². The van der Waals surface area contributed by atoms with E-state index in [1.807, 2.05) is 6.92 Å². The van der Waals surface area contributed by atoms with Gasteiger partial charge < -0.3 is 20.1 Å². The van der Waals surface area contributed by atoms with E-state index in [1.165, 1.54) is 4.90 Å². The van der Waals surface area contributed by atoms with Gasteiger partial charge in [0.1, 0.15) is 6.04 Å². The second-order valence-electron chi connectivity index (χ2n) is 5.20. The van der Waals surface area contributed by atoms with Crippen molar-refractivity contribution < 1.29 is 19.4 Å². The molecule has 2 atom stereocenters. The van der Waals surface area contributed by atoms with Crippen molar-refractivity contribution in [2.75, 3.05) is 18.5 Å². The van der Waals surface area contributed by atoms with E-state index in [0.717, 1.165) is 5.56 Å². The largest absolute Gasteiger partial charge is 0.464 e. The van der Waals surface area contributed by atoms with E-state index >= 15 is 0 Å². The topological polar surface area (TPSA) is 78.9 Å². The summed E-state index contributed by atoms with van der Waals surface area (Å²) < 4.78 is 4.95. The normalized spacial score (nSPS) is 20.8. The highest BCUT2D eigenvalue weighted by atomic mass is 35.5. The van der Waals surface area contributed by atoms with Gasteiger partial charge in [0.2, 0.25) is 0 Å². The van der Waals surface area contributed by atoms with Crippen molar-refractivity contribution in [3.05, 3.63) is 28.8 Å². The molecule has 7 heteroatoms. The third-order valence-corrected chi connectivity index (χ3v) is 3.93. The number of carbonyl (C=O) groups excluding carboxylic acids is 2. The molecule has 6 nitrogen and oxygen atoms in total. The summed E-state index contributed by atoms with van der Waals surface area (Å²) in [5.74, 6) is -0.504. The molecule has 0 bridgehead atoms. The number of rotatable bonds is 3. The summed E-state index contributed by atoms with van der Waals surface area (Å²) in [6.07, 6.45) is -0.553. The van der Waals surface area contributed by atoms with Crippen LogP contribution in [0.15, 0.2) is 18.2 Å². The Morgan fingerprint density at radius 2 is 2.23 bits per heavy atom. The third-order valence-electron chi connectivity index (χ3n) is 3.52. The number of ether oxygens (including phenoxy) is 1. The molecule has 0 aliphatic carbocycles. The third kappa shape index (κ3) is 3.69. The molecule has 1 aliphatic rings. The van der Waals surface area contributed by atoms with Gasteiger partial charge in [-0.15, -0.1) is 0 Å².